The van der Waals surface area contributed by atoms with Gasteiger partial charge in [-0.2, -0.15) is 0 Å². The van der Waals surface area contributed by atoms with Crippen LogP contribution in [0.15, 0.2) is 60.7 Å². The van der Waals surface area contributed by atoms with Crippen LogP contribution in [0, 0.1) is 5.41 Å². The molecule has 1 aliphatic heterocycles. The maximum atomic E-state index is 7.71. The summed E-state index contributed by atoms with van der Waals surface area (Å²) in [7, 11) is 1.84. The average Bonchev–Trinajstić information content (AvgIpc) is 3.71. The molecule has 7 heteroatoms. The van der Waals surface area contributed by atoms with Crippen LogP contribution in [0.4, 0.5) is 11.5 Å². The number of allylic oxidation sites excluding steroid dienone is 2. The smallest absolute Gasteiger partial charge is 0.130 e. The number of pyridine rings is 2. The highest BCUT2D eigenvalue weighted by molar-refractivity contribution is 6.09. The summed E-state index contributed by atoms with van der Waals surface area (Å²) in [6, 6.07) is 10.9. The van der Waals surface area contributed by atoms with Crippen molar-refractivity contribution in [3.8, 4) is 0 Å². The minimum atomic E-state index is 0.488. The van der Waals surface area contributed by atoms with Crippen LogP contribution in [0.25, 0.3) is 22.0 Å². The lowest BCUT2D eigenvalue weighted by molar-refractivity contribution is 0.479. The van der Waals surface area contributed by atoms with Crippen LogP contribution in [0.2, 0.25) is 0 Å². The average molecular weight is 454 g/mol. The Bertz CT molecular complexity index is 1250. The first-order valence-electron chi connectivity index (χ1n) is 11.9. The van der Waals surface area contributed by atoms with Crippen molar-refractivity contribution < 1.29 is 0 Å². The van der Waals surface area contributed by atoms with Crippen LogP contribution >= 0.6 is 0 Å². The van der Waals surface area contributed by atoms with Crippen molar-refractivity contribution in [1.82, 2.24) is 20.6 Å². The highest BCUT2D eigenvalue weighted by Crippen LogP contribution is 2.37. The van der Waals surface area contributed by atoms with E-state index in [0.29, 0.717) is 6.04 Å². The molecule has 174 valence electrons. The van der Waals surface area contributed by atoms with E-state index in [-0.39, 0.29) is 0 Å². The van der Waals surface area contributed by atoms with E-state index < -0.39 is 0 Å². The largest absolute Gasteiger partial charge is 0.393 e. The van der Waals surface area contributed by atoms with Crippen molar-refractivity contribution in [2.24, 2.45) is 0 Å². The summed E-state index contributed by atoms with van der Waals surface area (Å²) >= 11 is 0. The Hall–Kier alpha value is -3.71. The standard InChI is InChI=1S/C27H31N7/c1-29-14-23(13-28)19-4-5-20-16-32-26(12-21(20)10-19)34-27(18-2-3-18)22-11-25(17-31-15-22)33-24-6-8-30-9-7-24/h4-5,10-17,24,28-30,33H,2-3,6-9H2,1H3,(H,32,34)/b23-14+,28-13?. The van der Waals surface area contributed by atoms with Gasteiger partial charge in [-0.05, 0) is 73.5 Å². The number of nitrogens with one attached hydrogen (secondary N) is 5. The molecule has 2 fully saturated rings. The van der Waals surface area contributed by atoms with Crippen LogP contribution in [-0.2, 0) is 0 Å². The van der Waals surface area contributed by atoms with Crippen LogP contribution < -0.4 is 21.3 Å². The van der Waals surface area contributed by atoms with E-state index in [4.69, 9.17) is 5.41 Å². The van der Waals surface area contributed by atoms with E-state index in [2.05, 4.69) is 55.5 Å². The van der Waals surface area contributed by atoms with Gasteiger partial charge < -0.3 is 26.7 Å². The molecule has 34 heavy (non-hydrogen) atoms. The second kappa shape index (κ2) is 10.1. The highest BCUT2D eigenvalue weighted by Gasteiger charge is 2.21. The van der Waals surface area contributed by atoms with Crippen molar-refractivity contribution in [3.05, 3.63) is 71.8 Å². The first-order valence-corrected chi connectivity index (χ1v) is 11.9. The van der Waals surface area contributed by atoms with Crippen LogP contribution in [0.3, 0.4) is 0 Å². The lowest BCUT2D eigenvalue weighted by atomic mass is 10.0. The van der Waals surface area contributed by atoms with Crippen molar-refractivity contribution in [3.63, 3.8) is 0 Å². The summed E-state index contributed by atoms with van der Waals surface area (Å²) < 4.78 is 0. The Morgan fingerprint density at radius 1 is 1.03 bits per heavy atom. The molecule has 0 unspecified atom stereocenters. The van der Waals surface area contributed by atoms with Gasteiger partial charge in [0, 0.05) is 66.3 Å². The predicted octanol–water partition coefficient (Wildman–Crippen LogP) is 4.62. The molecule has 3 aromatic rings. The zero-order valence-corrected chi connectivity index (χ0v) is 19.5. The van der Waals surface area contributed by atoms with E-state index in [1.54, 1.807) is 0 Å². The minimum Gasteiger partial charge on any atom is -0.393 e. The third-order valence-electron chi connectivity index (χ3n) is 6.35. The Balaban J connectivity index is 1.40. The second-order valence-corrected chi connectivity index (χ2v) is 8.90. The molecule has 1 aromatic carbocycles. The number of fused-ring (bicyclic) bond motifs is 1. The molecule has 7 nitrogen and oxygen atoms in total. The van der Waals surface area contributed by atoms with Gasteiger partial charge in [0.05, 0.1) is 5.69 Å². The summed E-state index contributed by atoms with van der Waals surface area (Å²) in [5, 5.41) is 23.5. The van der Waals surface area contributed by atoms with Crippen molar-refractivity contribution in [2.75, 3.05) is 30.8 Å². The van der Waals surface area contributed by atoms with E-state index in [0.717, 1.165) is 83.4 Å². The Morgan fingerprint density at radius 3 is 2.65 bits per heavy atom. The SMILES string of the molecule is CN/C=C(\C=N)c1ccc2cnc(NC(=C3CC3)c3cncc(NC4CCNCC4)c3)cc2c1. The number of piperidine rings is 1. The minimum absolute atomic E-state index is 0.488. The molecule has 3 heterocycles. The third kappa shape index (κ3) is 5.10. The van der Waals surface area contributed by atoms with E-state index in [1.165, 1.54) is 11.8 Å². The fourth-order valence-corrected chi connectivity index (χ4v) is 4.42. The summed E-state index contributed by atoms with van der Waals surface area (Å²) in [6.45, 7) is 2.12. The molecule has 1 aliphatic carbocycles. The fraction of sp³-hybridized carbons (Fsp3) is 0.296. The first-order chi connectivity index (χ1) is 16.7. The number of nitrogens with zero attached hydrogens (tertiary/aromatic N) is 2. The summed E-state index contributed by atoms with van der Waals surface area (Å²) in [6.07, 6.45) is 13.4. The quantitative estimate of drug-likeness (QED) is 0.319. The lowest BCUT2D eigenvalue weighted by Crippen LogP contribution is -2.35. The number of hydrogen-bond acceptors (Lipinski definition) is 7. The van der Waals surface area contributed by atoms with Crippen molar-refractivity contribution in [2.45, 2.75) is 31.7 Å². The molecule has 2 aromatic heterocycles. The number of benzene rings is 1. The number of anilines is 2. The Kier molecular flexibility index (Phi) is 6.53. The summed E-state index contributed by atoms with van der Waals surface area (Å²) in [5.74, 6) is 0.810. The molecule has 0 spiro atoms. The van der Waals surface area contributed by atoms with E-state index in [9.17, 15) is 0 Å². The van der Waals surface area contributed by atoms with Gasteiger partial charge in [0.25, 0.3) is 0 Å². The zero-order valence-electron chi connectivity index (χ0n) is 19.5. The maximum absolute atomic E-state index is 7.71. The molecule has 1 saturated carbocycles. The molecule has 0 amide bonds. The van der Waals surface area contributed by atoms with Crippen LogP contribution in [0.1, 0.15) is 36.8 Å². The number of hydrogen-bond donors (Lipinski definition) is 5. The first kappa shape index (κ1) is 22.1. The van der Waals surface area contributed by atoms with E-state index in [1.807, 2.05) is 37.9 Å². The van der Waals surface area contributed by atoms with Crippen LogP contribution in [-0.4, -0.2) is 42.4 Å². The van der Waals surface area contributed by atoms with E-state index >= 15 is 0 Å². The van der Waals surface area contributed by atoms with Gasteiger partial charge in [-0.25, -0.2) is 4.98 Å². The summed E-state index contributed by atoms with van der Waals surface area (Å²) in [5.41, 5.74) is 6.50. The molecule has 2 aliphatic rings. The van der Waals surface area contributed by atoms with Gasteiger partial charge in [0.1, 0.15) is 5.82 Å². The fourth-order valence-electron chi connectivity index (χ4n) is 4.42. The topological polar surface area (TPSA) is 97.8 Å². The number of aromatic nitrogens is 2. The van der Waals surface area contributed by atoms with Gasteiger partial charge in [0.2, 0.25) is 0 Å². The predicted molar refractivity (Wildman–Crippen MR) is 141 cm³/mol. The van der Waals surface area contributed by atoms with Crippen molar-refractivity contribution in [1.29, 1.82) is 5.41 Å². The van der Waals surface area contributed by atoms with Gasteiger partial charge in [0.15, 0.2) is 0 Å². The van der Waals surface area contributed by atoms with Gasteiger partial charge in [-0.3, -0.25) is 4.98 Å². The van der Waals surface area contributed by atoms with Crippen molar-refractivity contribution >= 4 is 39.8 Å². The molecule has 5 N–H and O–H groups in total. The molecule has 0 radical (unpaired) electrons. The molecule has 5 rings (SSSR count). The van der Waals surface area contributed by atoms with Gasteiger partial charge in [-0.1, -0.05) is 12.1 Å². The molecular formula is C27H31N7. The molecule has 0 bridgehead atoms. The molecule has 1 saturated heterocycles. The third-order valence-corrected chi connectivity index (χ3v) is 6.35. The van der Waals surface area contributed by atoms with Crippen LogP contribution in [0.5, 0.6) is 0 Å². The highest BCUT2D eigenvalue weighted by atomic mass is 15.0. The van der Waals surface area contributed by atoms with Gasteiger partial charge in [-0.15, -0.1) is 0 Å². The Labute approximate surface area is 200 Å². The maximum Gasteiger partial charge on any atom is 0.130 e. The molecular weight excluding hydrogens is 422 g/mol. The Morgan fingerprint density at radius 2 is 1.88 bits per heavy atom. The number of rotatable bonds is 8. The normalized spacial score (nSPS) is 16.3. The lowest BCUT2D eigenvalue weighted by Gasteiger charge is -2.24. The monoisotopic (exact) mass is 453 g/mol. The summed E-state index contributed by atoms with van der Waals surface area (Å²) in [4.78, 5) is 9.19. The zero-order chi connectivity index (χ0) is 23.3. The molecule has 0 atom stereocenters. The second-order valence-electron chi connectivity index (χ2n) is 8.90. The van der Waals surface area contributed by atoms with Gasteiger partial charge >= 0.3 is 0 Å².